The lowest BCUT2D eigenvalue weighted by Gasteiger charge is -2.39. The molecule has 260 valence electrons. The zero-order valence-electron chi connectivity index (χ0n) is 29.2. The van der Waals surface area contributed by atoms with Crippen LogP contribution in [0.15, 0.2) is 59.5 Å². The van der Waals surface area contributed by atoms with E-state index < -0.39 is 10.0 Å². The molecule has 1 fully saturated rings. The van der Waals surface area contributed by atoms with Crippen molar-refractivity contribution in [2.24, 2.45) is 5.92 Å². The molecule has 2 heterocycles. The zero-order valence-corrected chi connectivity index (χ0v) is 30.0. The summed E-state index contributed by atoms with van der Waals surface area (Å²) in [5.41, 5.74) is 4.40. The lowest BCUT2D eigenvalue weighted by Crippen LogP contribution is -2.47. The number of piperazine rings is 1. The number of nitrogens with zero attached hydrogens (tertiary/aromatic N) is 4. The minimum Gasteiger partial charge on any atom is -0.495 e. The molecule has 1 N–H and O–H groups in total. The normalized spacial score (nSPS) is 18.3. The van der Waals surface area contributed by atoms with E-state index in [4.69, 9.17) is 14.2 Å². The SMILES string of the molecule is CCN(CC)S(=O)(=O)c1ccc(N2CCN(c3ccccc3OC)CC2)c(NC(=O)N2CC(C)Cc3cc(OC)c(OC)cc3C2C)c1. The molecule has 3 aromatic rings. The van der Waals surface area contributed by atoms with Crippen molar-refractivity contribution in [2.45, 2.75) is 45.1 Å². The van der Waals surface area contributed by atoms with Crippen molar-refractivity contribution in [2.75, 3.05) is 82.3 Å². The maximum absolute atomic E-state index is 14.3. The molecule has 0 saturated carbocycles. The molecule has 0 spiro atoms. The third-order valence-corrected chi connectivity index (χ3v) is 11.5. The number of fused-ring (bicyclic) bond motifs is 1. The molecular formula is C36H49N5O6S. The first-order valence-corrected chi connectivity index (χ1v) is 18.1. The zero-order chi connectivity index (χ0) is 34.6. The molecule has 2 aliphatic rings. The second kappa shape index (κ2) is 14.9. The van der Waals surface area contributed by atoms with Gasteiger partial charge in [-0.15, -0.1) is 0 Å². The number of rotatable bonds is 10. The van der Waals surface area contributed by atoms with E-state index in [1.807, 2.05) is 62.1 Å². The van der Waals surface area contributed by atoms with E-state index in [1.165, 1.54) is 4.31 Å². The summed E-state index contributed by atoms with van der Waals surface area (Å²) in [6, 6.07) is 16.5. The maximum atomic E-state index is 14.3. The second-order valence-electron chi connectivity index (χ2n) is 12.4. The molecule has 3 aromatic carbocycles. The number of carbonyl (C=O) groups excluding carboxylic acids is 1. The molecule has 2 amide bonds. The molecule has 0 bridgehead atoms. The number of hydrogen-bond donors (Lipinski definition) is 1. The largest absolute Gasteiger partial charge is 0.495 e. The van der Waals surface area contributed by atoms with Crippen LogP contribution in [0.25, 0.3) is 0 Å². The minimum absolute atomic E-state index is 0.150. The molecule has 2 unspecified atom stereocenters. The molecule has 1 saturated heterocycles. The van der Waals surface area contributed by atoms with Gasteiger partial charge in [0.2, 0.25) is 10.0 Å². The lowest BCUT2D eigenvalue weighted by molar-refractivity contribution is 0.185. The van der Waals surface area contributed by atoms with Gasteiger partial charge in [0, 0.05) is 45.8 Å². The van der Waals surface area contributed by atoms with Gasteiger partial charge in [-0.25, -0.2) is 13.2 Å². The van der Waals surface area contributed by atoms with Crippen molar-refractivity contribution in [3.63, 3.8) is 0 Å². The smallest absolute Gasteiger partial charge is 0.322 e. The average Bonchev–Trinajstić information content (AvgIpc) is 3.22. The molecular weight excluding hydrogens is 630 g/mol. The van der Waals surface area contributed by atoms with Crippen molar-refractivity contribution >= 4 is 33.1 Å². The van der Waals surface area contributed by atoms with Gasteiger partial charge in [0.1, 0.15) is 5.75 Å². The predicted molar refractivity (Wildman–Crippen MR) is 191 cm³/mol. The Bertz CT molecular complexity index is 1700. The van der Waals surface area contributed by atoms with Crippen molar-refractivity contribution in [3.05, 3.63) is 65.7 Å². The van der Waals surface area contributed by atoms with E-state index in [0.29, 0.717) is 49.9 Å². The van der Waals surface area contributed by atoms with E-state index in [0.717, 1.165) is 47.8 Å². The number of benzene rings is 3. The van der Waals surface area contributed by atoms with Gasteiger partial charge in [0.15, 0.2) is 11.5 Å². The Morgan fingerprint density at radius 2 is 1.44 bits per heavy atom. The van der Waals surface area contributed by atoms with Gasteiger partial charge in [-0.1, -0.05) is 32.9 Å². The Kier molecular flexibility index (Phi) is 10.9. The number of anilines is 3. The van der Waals surface area contributed by atoms with Crippen LogP contribution >= 0.6 is 0 Å². The van der Waals surface area contributed by atoms with Gasteiger partial charge in [-0.3, -0.25) is 0 Å². The van der Waals surface area contributed by atoms with Crippen molar-refractivity contribution in [1.82, 2.24) is 9.21 Å². The number of sulfonamides is 1. The van der Waals surface area contributed by atoms with E-state index >= 15 is 0 Å². The summed E-state index contributed by atoms with van der Waals surface area (Å²) in [7, 11) is 1.14. The summed E-state index contributed by atoms with van der Waals surface area (Å²) >= 11 is 0. The van der Waals surface area contributed by atoms with Gasteiger partial charge in [0.05, 0.1) is 49.3 Å². The van der Waals surface area contributed by atoms with Crippen LogP contribution in [0.4, 0.5) is 21.9 Å². The summed E-state index contributed by atoms with van der Waals surface area (Å²) in [6.45, 7) is 11.8. The number of nitrogens with one attached hydrogen (secondary N) is 1. The Labute approximate surface area is 285 Å². The van der Waals surface area contributed by atoms with Crippen molar-refractivity contribution in [3.8, 4) is 17.2 Å². The number of amides is 2. The Hall–Kier alpha value is -4.16. The number of carbonyl (C=O) groups is 1. The van der Waals surface area contributed by atoms with E-state index in [2.05, 4.69) is 28.1 Å². The van der Waals surface area contributed by atoms with Gasteiger partial charge in [-0.2, -0.15) is 4.31 Å². The molecule has 2 atom stereocenters. The van der Waals surface area contributed by atoms with Crippen molar-refractivity contribution in [1.29, 1.82) is 0 Å². The van der Waals surface area contributed by atoms with Crippen molar-refractivity contribution < 1.29 is 27.4 Å². The maximum Gasteiger partial charge on any atom is 0.322 e. The highest BCUT2D eigenvalue weighted by Gasteiger charge is 2.32. The van der Waals surface area contributed by atoms with Crippen LogP contribution < -0.4 is 29.3 Å². The van der Waals surface area contributed by atoms with Gasteiger partial charge in [-0.05, 0) is 72.9 Å². The Morgan fingerprint density at radius 3 is 2.06 bits per heavy atom. The molecule has 2 aliphatic heterocycles. The highest BCUT2D eigenvalue weighted by Crippen LogP contribution is 2.39. The fraction of sp³-hybridized carbons (Fsp3) is 0.472. The third-order valence-electron chi connectivity index (χ3n) is 9.50. The molecule has 5 rings (SSSR count). The highest BCUT2D eigenvalue weighted by atomic mass is 32.2. The van der Waals surface area contributed by atoms with E-state index in [-0.39, 0.29) is 22.9 Å². The van der Waals surface area contributed by atoms with Gasteiger partial charge >= 0.3 is 6.03 Å². The molecule has 0 aromatic heterocycles. The fourth-order valence-corrected chi connectivity index (χ4v) is 8.38. The first-order chi connectivity index (χ1) is 23.1. The monoisotopic (exact) mass is 679 g/mol. The summed E-state index contributed by atoms with van der Waals surface area (Å²) < 4.78 is 45.4. The van der Waals surface area contributed by atoms with Gasteiger partial charge in [0.25, 0.3) is 0 Å². The first-order valence-electron chi connectivity index (χ1n) is 16.7. The van der Waals surface area contributed by atoms with E-state index in [9.17, 15) is 13.2 Å². The molecule has 12 heteroatoms. The lowest BCUT2D eigenvalue weighted by atomic mass is 9.95. The number of ether oxygens (including phenoxy) is 3. The molecule has 0 aliphatic carbocycles. The standard InChI is InChI=1S/C36H49N5O6S/c1-8-40(9-2)48(43,44)28-14-15-31(38-16-18-39(19-17-38)32-12-10-11-13-33(32)45-5)30(22-28)37-36(42)41-24-25(3)20-27-21-34(46-6)35(47-7)23-29(27)26(41)4/h10-15,21-23,25-26H,8-9,16-20,24H2,1-7H3,(H,37,42). The number of methoxy groups -OCH3 is 3. The molecule has 0 radical (unpaired) electrons. The first kappa shape index (κ1) is 35.2. The van der Waals surface area contributed by atoms with Crippen LogP contribution in [0, 0.1) is 5.92 Å². The minimum atomic E-state index is -3.76. The Balaban J connectivity index is 1.47. The second-order valence-corrected chi connectivity index (χ2v) is 14.3. The van der Waals surface area contributed by atoms with Crippen LogP contribution in [-0.2, 0) is 16.4 Å². The molecule has 48 heavy (non-hydrogen) atoms. The number of para-hydroxylation sites is 2. The number of urea groups is 1. The number of hydrogen-bond acceptors (Lipinski definition) is 8. The van der Waals surface area contributed by atoms with Crippen LogP contribution in [0.5, 0.6) is 17.2 Å². The third kappa shape index (κ3) is 7.00. The molecule has 11 nitrogen and oxygen atoms in total. The summed E-state index contributed by atoms with van der Waals surface area (Å²) in [4.78, 5) is 20.7. The summed E-state index contributed by atoms with van der Waals surface area (Å²) in [6.07, 6.45) is 0.781. The topological polar surface area (TPSA) is 104 Å². The van der Waals surface area contributed by atoms with Gasteiger partial charge < -0.3 is 34.2 Å². The fourth-order valence-electron chi connectivity index (χ4n) is 6.89. The van der Waals surface area contributed by atoms with Crippen LogP contribution in [0.1, 0.15) is 44.9 Å². The van der Waals surface area contributed by atoms with Crippen LogP contribution in [0.3, 0.4) is 0 Å². The van der Waals surface area contributed by atoms with E-state index in [1.54, 1.807) is 33.5 Å². The Morgan fingerprint density at radius 1 is 0.833 bits per heavy atom. The van der Waals surface area contributed by atoms with Crippen LogP contribution in [0.2, 0.25) is 0 Å². The van der Waals surface area contributed by atoms with Crippen LogP contribution in [-0.4, -0.2) is 90.8 Å². The average molecular weight is 680 g/mol. The predicted octanol–water partition coefficient (Wildman–Crippen LogP) is 5.86. The summed E-state index contributed by atoms with van der Waals surface area (Å²) in [5, 5.41) is 3.16. The highest BCUT2D eigenvalue weighted by molar-refractivity contribution is 7.89. The quantitative estimate of drug-likeness (QED) is 0.285. The summed E-state index contributed by atoms with van der Waals surface area (Å²) in [5.74, 6) is 2.27.